The standard InChI is InChI=1S/C17H14BrN3O3.CH4/c1-9-2-5-13-15(18)20-16(21(13)7-6-9)14(22)10-3-4-12(19)11(8-10)17(23)24;/h2-9H,19H2,1H3,(H,23,24);1H4. The number of nitrogens with zero attached hydrogens (tertiary/aromatic N) is 2. The Kier molecular flexibility index (Phi) is 5.27. The van der Waals surface area contributed by atoms with Gasteiger partial charge in [0.25, 0.3) is 0 Å². The SMILES string of the molecule is C.CC1C=Cc2c(Br)nc(C(=O)c3ccc(N)c(C(=O)O)c3)n2C=C1. The van der Waals surface area contributed by atoms with Gasteiger partial charge in [-0.15, -0.1) is 0 Å². The summed E-state index contributed by atoms with van der Waals surface area (Å²) in [5.41, 5.74) is 6.62. The third-order valence-corrected chi connectivity index (χ3v) is 4.33. The molecule has 1 unspecified atom stereocenters. The summed E-state index contributed by atoms with van der Waals surface area (Å²) in [6.45, 7) is 2.03. The molecule has 1 aromatic heterocycles. The molecule has 0 radical (unpaired) electrons. The number of aromatic carboxylic acids is 1. The molecule has 1 atom stereocenters. The highest BCUT2D eigenvalue weighted by molar-refractivity contribution is 9.10. The average Bonchev–Trinajstić information content (AvgIpc) is 2.72. The fraction of sp³-hybridized carbons (Fsp3) is 0.167. The molecule has 2 heterocycles. The zero-order valence-corrected chi connectivity index (χ0v) is 14.3. The second kappa shape index (κ2) is 7.06. The van der Waals surface area contributed by atoms with Crippen molar-refractivity contribution in [3.05, 3.63) is 57.6 Å². The van der Waals surface area contributed by atoms with Crippen LogP contribution in [0.1, 0.15) is 46.6 Å². The molecule has 0 amide bonds. The lowest BCUT2D eigenvalue weighted by molar-refractivity contribution is 0.0698. The van der Waals surface area contributed by atoms with Crippen molar-refractivity contribution in [2.24, 2.45) is 5.92 Å². The van der Waals surface area contributed by atoms with Crippen LogP contribution in [0.3, 0.4) is 0 Å². The van der Waals surface area contributed by atoms with Crippen molar-refractivity contribution in [3.63, 3.8) is 0 Å². The van der Waals surface area contributed by atoms with Gasteiger partial charge < -0.3 is 10.8 Å². The maximum atomic E-state index is 12.8. The van der Waals surface area contributed by atoms with Crippen molar-refractivity contribution in [2.75, 3.05) is 5.73 Å². The minimum Gasteiger partial charge on any atom is -0.478 e. The fourth-order valence-corrected chi connectivity index (χ4v) is 2.91. The van der Waals surface area contributed by atoms with E-state index in [1.54, 1.807) is 10.8 Å². The Morgan fingerprint density at radius 1 is 1.32 bits per heavy atom. The molecule has 3 rings (SSSR count). The largest absolute Gasteiger partial charge is 0.478 e. The molecule has 1 aliphatic heterocycles. The van der Waals surface area contributed by atoms with Gasteiger partial charge in [0.05, 0.1) is 11.3 Å². The summed E-state index contributed by atoms with van der Waals surface area (Å²) >= 11 is 3.36. The Balaban J connectivity index is 0.00000225. The molecule has 1 aromatic carbocycles. The summed E-state index contributed by atoms with van der Waals surface area (Å²) < 4.78 is 2.23. The topological polar surface area (TPSA) is 98.2 Å². The average molecular weight is 404 g/mol. The molecule has 0 spiro atoms. The van der Waals surface area contributed by atoms with Crippen LogP contribution < -0.4 is 5.73 Å². The van der Waals surface area contributed by atoms with Gasteiger partial charge >= 0.3 is 5.97 Å². The monoisotopic (exact) mass is 403 g/mol. The van der Waals surface area contributed by atoms with Crippen molar-refractivity contribution >= 4 is 45.6 Å². The number of fused-ring (bicyclic) bond motifs is 1. The first kappa shape index (κ1) is 18.7. The van der Waals surface area contributed by atoms with Crippen LogP contribution in [-0.4, -0.2) is 26.4 Å². The van der Waals surface area contributed by atoms with Crippen LogP contribution in [0.4, 0.5) is 5.69 Å². The molecule has 0 saturated heterocycles. The molecule has 3 N–H and O–H groups in total. The lowest BCUT2D eigenvalue weighted by Gasteiger charge is -2.06. The van der Waals surface area contributed by atoms with E-state index in [0.29, 0.717) is 4.60 Å². The van der Waals surface area contributed by atoms with E-state index >= 15 is 0 Å². The second-order valence-corrected chi connectivity index (χ2v) is 6.23. The number of halogens is 1. The molecular formula is C18H18BrN3O3. The van der Waals surface area contributed by atoms with E-state index in [1.807, 2.05) is 25.2 Å². The molecule has 0 aliphatic carbocycles. The van der Waals surface area contributed by atoms with Crippen LogP contribution >= 0.6 is 15.9 Å². The minimum absolute atomic E-state index is 0. The number of allylic oxidation sites excluding steroid dienone is 2. The number of aromatic nitrogens is 2. The third-order valence-electron chi connectivity index (χ3n) is 3.75. The number of hydrogen-bond donors (Lipinski definition) is 2. The van der Waals surface area contributed by atoms with Gasteiger partial charge in [-0.05, 0) is 46.1 Å². The fourth-order valence-electron chi connectivity index (χ4n) is 2.42. The molecule has 0 saturated carbocycles. The maximum Gasteiger partial charge on any atom is 0.337 e. The second-order valence-electron chi connectivity index (χ2n) is 5.48. The zero-order valence-electron chi connectivity index (χ0n) is 12.7. The molecule has 7 heteroatoms. The number of carboxylic acids is 1. The van der Waals surface area contributed by atoms with Gasteiger partial charge in [-0.25, -0.2) is 9.78 Å². The summed E-state index contributed by atoms with van der Waals surface area (Å²) in [7, 11) is 0. The predicted molar refractivity (Wildman–Crippen MR) is 101 cm³/mol. The van der Waals surface area contributed by atoms with Gasteiger partial charge in [-0.1, -0.05) is 26.5 Å². The van der Waals surface area contributed by atoms with Gasteiger partial charge in [0, 0.05) is 17.5 Å². The number of nitrogens with two attached hydrogens (primary N) is 1. The Labute approximate surface area is 153 Å². The van der Waals surface area contributed by atoms with Crippen molar-refractivity contribution in [1.82, 2.24) is 9.55 Å². The molecule has 2 aromatic rings. The van der Waals surface area contributed by atoms with E-state index in [4.69, 9.17) is 10.8 Å². The summed E-state index contributed by atoms with van der Waals surface area (Å²) in [6, 6.07) is 4.18. The molecular weight excluding hydrogens is 386 g/mol. The number of rotatable bonds is 3. The van der Waals surface area contributed by atoms with Gasteiger partial charge in [0.1, 0.15) is 4.60 Å². The van der Waals surface area contributed by atoms with Crippen LogP contribution in [-0.2, 0) is 0 Å². The minimum atomic E-state index is -1.18. The number of nitrogen functional groups attached to an aromatic ring is 1. The predicted octanol–water partition coefficient (Wildman–Crippen LogP) is 3.93. The first-order valence-corrected chi connectivity index (χ1v) is 7.99. The van der Waals surface area contributed by atoms with E-state index in [0.717, 1.165) is 5.69 Å². The summed E-state index contributed by atoms with van der Waals surface area (Å²) in [6.07, 6.45) is 7.63. The van der Waals surface area contributed by atoms with E-state index in [2.05, 4.69) is 20.9 Å². The maximum absolute atomic E-state index is 12.8. The number of anilines is 1. The Morgan fingerprint density at radius 2 is 2.04 bits per heavy atom. The van der Waals surface area contributed by atoms with Gasteiger partial charge in [0.2, 0.25) is 5.78 Å². The molecule has 0 bridgehead atoms. The van der Waals surface area contributed by atoms with Crippen LogP contribution in [0.15, 0.2) is 35.0 Å². The van der Waals surface area contributed by atoms with Crippen LogP contribution in [0.5, 0.6) is 0 Å². The van der Waals surface area contributed by atoms with Crippen molar-refractivity contribution in [3.8, 4) is 0 Å². The number of imidazole rings is 1. The number of benzene rings is 1. The van der Waals surface area contributed by atoms with Gasteiger partial charge in [0.15, 0.2) is 5.82 Å². The first-order chi connectivity index (χ1) is 11.4. The number of hydrogen-bond acceptors (Lipinski definition) is 4. The van der Waals surface area contributed by atoms with Crippen molar-refractivity contribution in [2.45, 2.75) is 14.4 Å². The molecule has 25 heavy (non-hydrogen) atoms. The lowest BCUT2D eigenvalue weighted by Crippen LogP contribution is -2.11. The lowest BCUT2D eigenvalue weighted by atomic mass is 10.0. The molecule has 130 valence electrons. The highest BCUT2D eigenvalue weighted by atomic mass is 79.9. The molecule has 6 nitrogen and oxygen atoms in total. The van der Waals surface area contributed by atoms with E-state index in [-0.39, 0.29) is 41.8 Å². The summed E-state index contributed by atoms with van der Waals surface area (Å²) in [4.78, 5) is 28.3. The normalized spacial score (nSPS) is 15.2. The molecule has 0 fully saturated rings. The van der Waals surface area contributed by atoms with Crippen molar-refractivity contribution in [1.29, 1.82) is 0 Å². The summed E-state index contributed by atoms with van der Waals surface area (Å²) in [5, 5.41) is 9.17. The van der Waals surface area contributed by atoms with E-state index in [1.165, 1.54) is 18.2 Å². The number of carbonyl (C=O) groups excluding carboxylic acids is 1. The smallest absolute Gasteiger partial charge is 0.337 e. The third kappa shape index (κ3) is 3.41. The quantitative estimate of drug-likeness (QED) is 0.597. The number of carbonyl (C=O) groups is 2. The highest BCUT2D eigenvalue weighted by Gasteiger charge is 2.22. The summed E-state index contributed by atoms with van der Waals surface area (Å²) in [5.74, 6) is -1.12. The van der Waals surface area contributed by atoms with E-state index in [9.17, 15) is 9.59 Å². The highest BCUT2D eigenvalue weighted by Crippen LogP contribution is 2.26. The van der Waals surface area contributed by atoms with Gasteiger partial charge in [-0.2, -0.15) is 0 Å². The molecule has 1 aliphatic rings. The van der Waals surface area contributed by atoms with Crippen LogP contribution in [0.2, 0.25) is 0 Å². The van der Waals surface area contributed by atoms with Crippen LogP contribution in [0.25, 0.3) is 12.3 Å². The zero-order chi connectivity index (χ0) is 17.4. The van der Waals surface area contributed by atoms with Crippen molar-refractivity contribution < 1.29 is 14.7 Å². The Hall–Kier alpha value is -2.67. The Morgan fingerprint density at radius 3 is 2.72 bits per heavy atom. The van der Waals surface area contributed by atoms with Gasteiger partial charge in [-0.3, -0.25) is 9.36 Å². The first-order valence-electron chi connectivity index (χ1n) is 7.20. The van der Waals surface area contributed by atoms with E-state index < -0.39 is 5.97 Å². The number of carboxylic acid groups (broad SMARTS) is 1. The Bertz CT molecular complexity index is 913. The van der Waals surface area contributed by atoms with Crippen LogP contribution in [0, 0.1) is 5.92 Å². The number of ketones is 1.